The third-order valence-electron chi connectivity index (χ3n) is 3.61. The van der Waals surface area contributed by atoms with Gasteiger partial charge in [0.2, 0.25) is 0 Å². The fraction of sp³-hybridized carbons (Fsp3) is 0.533. The molecule has 0 saturated heterocycles. The first kappa shape index (κ1) is 13.7. The van der Waals surface area contributed by atoms with Gasteiger partial charge in [-0.15, -0.1) is 0 Å². The molecular formula is C15H22N2O2. The van der Waals surface area contributed by atoms with Gasteiger partial charge in [0.15, 0.2) is 5.75 Å². The maximum Gasteiger partial charge on any atom is 0.255 e. The van der Waals surface area contributed by atoms with Crippen molar-refractivity contribution in [2.75, 3.05) is 12.3 Å². The van der Waals surface area contributed by atoms with Crippen LogP contribution in [0.3, 0.4) is 0 Å². The van der Waals surface area contributed by atoms with Gasteiger partial charge in [0, 0.05) is 5.54 Å². The first-order valence-corrected chi connectivity index (χ1v) is 6.79. The average Bonchev–Trinajstić information content (AvgIpc) is 3.15. The predicted octanol–water partition coefficient (Wildman–Crippen LogP) is 2.59. The fourth-order valence-corrected chi connectivity index (χ4v) is 2.31. The van der Waals surface area contributed by atoms with Crippen molar-refractivity contribution >= 4 is 11.6 Å². The first-order chi connectivity index (χ1) is 8.95. The smallest absolute Gasteiger partial charge is 0.255 e. The van der Waals surface area contributed by atoms with Crippen molar-refractivity contribution in [3.8, 4) is 5.75 Å². The van der Waals surface area contributed by atoms with E-state index in [1.165, 1.54) is 12.8 Å². The second-order valence-corrected chi connectivity index (χ2v) is 5.61. The standard InChI is InChI=1S/C15H22N2O2/c1-4-19-13-11(6-5-7-12(13)16)14(18)17-15(2,3)10-8-9-10/h5-7,10H,4,8-9,16H2,1-3H3,(H,17,18). The van der Waals surface area contributed by atoms with Gasteiger partial charge in [-0.1, -0.05) is 6.07 Å². The summed E-state index contributed by atoms with van der Waals surface area (Å²) in [6.07, 6.45) is 2.37. The van der Waals surface area contributed by atoms with Gasteiger partial charge in [0.1, 0.15) is 0 Å². The highest BCUT2D eigenvalue weighted by Gasteiger charge is 2.39. The quantitative estimate of drug-likeness (QED) is 0.802. The minimum absolute atomic E-state index is 0.118. The topological polar surface area (TPSA) is 64.3 Å². The number of para-hydroxylation sites is 1. The lowest BCUT2D eigenvalue weighted by atomic mass is 9.98. The molecule has 0 radical (unpaired) electrons. The zero-order chi connectivity index (χ0) is 14.0. The van der Waals surface area contributed by atoms with E-state index in [0.29, 0.717) is 29.5 Å². The summed E-state index contributed by atoms with van der Waals surface area (Å²) in [4.78, 5) is 12.4. The molecule has 1 amide bonds. The molecule has 0 unspecified atom stereocenters. The lowest BCUT2D eigenvalue weighted by Gasteiger charge is -2.26. The van der Waals surface area contributed by atoms with Gasteiger partial charge < -0.3 is 15.8 Å². The van der Waals surface area contributed by atoms with Crippen LogP contribution in [0.25, 0.3) is 0 Å². The van der Waals surface area contributed by atoms with Crippen LogP contribution in [0.5, 0.6) is 5.75 Å². The molecule has 0 aliphatic heterocycles. The molecular weight excluding hydrogens is 240 g/mol. The fourth-order valence-electron chi connectivity index (χ4n) is 2.31. The molecule has 3 N–H and O–H groups in total. The number of nitrogens with one attached hydrogen (secondary N) is 1. The van der Waals surface area contributed by atoms with Gasteiger partial charge in [0.05, 0.1) is 17.9 Å². The molecule has 1 aliphatic carbocycles. The Hall–Kier alpha value is -1.71. The molecule has 1 fully saturated rings. The van der Waals surface area contributed by atoms with Crippen LogP contribution in [0.15, 0.2) is 18.2 Å². The number of anilines is 1. The van der Waals surface area contributed by atoms with Crippen molar-refractivity contribution in [2.45, 2.75) is 39.2 Å². The molecule has 4 nitrogen and oxygen atoms in total. The Bertz CT molecular complexity index is 479. The zero-order valence-corrected chi connectivity index (χ0v) is 11.8. The summed E-state index contributed by atoms with van der Waals surface area (Å²) in [5.74, 6) is 0.940. The number of nitrogen functional groups attached to an aromatic ring is 1. The van der Waals surface area contributed by atoms with Crippen LogP contribution in [0.4, 0.5) is 5.69 Å². The number of amides is 1. The second kappa shape index (κ2) is 5.11. The van der Waals surface area contributed by atoms with Crippen molar-refractivity contribution < 1.29 is 9.53 Å². The van der Waals surface area contributed by atoms with Gasteiger partial charge >= 0.3 is 0 Å². The second-order valence-electron chi connectivity index (χ2n) is 5.61. The molecule has 1 aliphatic rings. The van der Waals surface area contributed by atoms with E-state index < -0.39 is 0 Å². The summed E-state index contributed by atoms with van der Waals surface area (Å²) in [6, 6.07) is 5.27. The van der Waals surface area contributed by atoms with E-state index >= 15 is 0 Å². The van der Waals surface area contributed by atoms with Gasteiger partial charge in [-0.2, -0.15) is 0 Å². The van der Waals surface area contributed by atoms with Crippen molar-refractivity contribution in [3.63, 3.8) is 0 Å². The minimum Gasteiger partial charge on any atom is -0.491 e. The van der Waals surface area contributed by atoms with E-state index in [9.17, 15) is 4.79 Å². The Balaban J connectivity index is 2.21. The number of carbonyl (C=O) groups is 1. The van der Waals surface area contributed by atoms with Crippen molar-refractivity contribution in [1.29, 1.82) is 0 Å². The van der Waals surface area contributed by atoms with E-state index in [1.54, 1.807) is 18.2 Å². The SMILES string of the molecule is CCOc1c(N)cccc1C(=O)NC(C)(C)C1CC1. The Kier molecular flexibility index (Phi) is 3.69. The van der Waals surface area contributed by atoms with E-state index in [4.69, 9.17) is 10.5 Å². The van der Waals surface area contributed by atoms with Crippen molar-refractivity contribution in [2.24, 2.45) is 5.92 Å². The highest BCUT2D eigenvalue weighted by Crippen LogP contribution is 2.39. The third-order valence-corrected chi connectivity index (χ3v) is 3.61. The molecule has 0 aromatic heterocycles. The van der Waals surface area contributed by atoms with Crippen LogP contribution in [0, 0.1) is 5.92 Å². The summed E-state index contributed by atoms with van der Waals surface area (Å²) in [7, 11) is 0. The maximum atomic E-state index is 12.4. The molecule has 0 bridgehead atoms. The summed E-state index contributed by atoms with van der Waals surface area (Å²) in [5, 5.41) is 3.09. The van der Waals surface area contributed by atoms with Gasteiger partial charge in [0.25, 0.3) is 5.91 Å². The largest absolute Gasteiger partial charge is 0.491 e. The number of hydrogen-bond donors (Lipinski definition) is 2. The zero-order valence-electron chi connectivity index (χ0n) is 11.8. The normalized spacial score (nSPS) is 15.1. The Morgan fingerprint density at radius 1 is 1.47 bits per heavy atom. The number of nitrogens with two attached hydrogens (primary N) is 1. The van der Waals surface area contributed by atoms with Crippen LogP contribution in [-0.2, 0) is 0 Å². The van der Waals surface area contributed by atoms with E-state index in [1.807, 2.05) is 6.92 Å². The van der Waals surface area contributed by atoms with E-state index in [0.717, 1.165) is 0 Å². The number of hydrogen-bond acceptors (Lipinski definition) is 3. The molecule has 1 saturated carbocycles. The molecule has 1 aromatic rings. The minimum atomic E-state index is -0.175. The van der Waals surface area contributed by atoms with Crippen molar-refractivity contribution in [1.82, 2.24) is 5.32 Å². The molecule has 2 rings (SSSR count). The summed E-state index contributed by atoms with van der Waals surface area (Å²) >= 11 is 0. The molecule has 19 heavy (non-hydrogen) atoms. The van der Waals surface area contributed by atoms with Gasteiger partial charge in [-0.3, -0.25) is 4.79 Å². The van der Waals surface area contributed by atoms with Crippen LogP contribution in [0.1, 0.15) is 44.0 Å². The molecule has 0 heterocycles. The number of carbonyl (C=O) groups excluding carboxylic acids is 1. The van der Waals surface area contributed by atoms with Gasteiger partial charge in [-0.25, -0.2) is 0 Å². The third kappa shape index (κ3) is 3.00. The predicted molar refractivity (Wildman–Crippen MR) is 76.3 cm³/mol. The van der Waals surface area contributed by atoms with Crippen LogP contribution in [-0.4, -0.2) is 18.1 Å². The summed E-state index contributed by atoms with van der Waals surface area (Å²) in [6.45, 7) is 6.49. The Morgan fingerprint density at radius 2 is 2.16 bits per heavy atom. The number of rotatable bonds is 5. The van der Waals surface area contributed by atoms with Gasteiger partial charge in [-0.05, 0) is 51.7 Å². The highest BCUT2D eigenvalue weighted by atomic mass is 16.5. The van der Waals surface area contributed by atoms with Crippen LogP contribution in [0.2, 0.25) is 0 Å². The molecule has 0 atom stereocenters. The molecule has 4 heteroatoms. The number of ether oxygens (including phenoxy) is 1. The summed E-state index contributed by atoms with van der Waals surface area (Å²) in [5.41, 5.74) is 6.71. The molecule has 104 valence electrons. The monoisotopic (exact) mass is 262 g/mol. The Labute approximate surface area is 114 Å². The molecule has 1 aromatic carbocycles. The lowest BCUT2D eigenvalue weighted by molar-refractivity contribution is 0.0899. The number of benzene rings is 1. The lowest BCUT2D eigenvalue weighted by Crippen LogP contribution is -2.45. The molecule has 0 spiro atoms. The van der Waals surface area contributed by atoms with E-state index in [2.05, 4.69) is 19.2 Å². The van der Waals surface area contributed by atoms with Crippen LogP contribution >= 0.6 is 0 Å². The Morgan fingerprint density at radius 3 is 2.74 bits per heavy atom. The average molecular weight is 262 g/mol. The van der Waals surface area contributed by atoms with Crippen LogP contribution < -0.4 is 15.8 Å². The highest BCUT2D eigenvalue weighted by molar-refractivity contribution is 5.99. The van der Waals surface area contributed by atoms with E-state index in [-0.39, 0.29) is 11.4 Å². The maximum absolute atomic E-state index is 12.4. The van der Waals surface area contributed by atoms with Crippen molar-refractivity contribution in [3.05, 3.63) is 23.8 Å². The summed E-state index contributed by atoms with van der Waals surface area (Å²) < 4.78 is 5.49. The first-order valence-electron chi connectivity index (χ1n) is 6.79.